The molecule has 134 valence electrons. The van der Waals surface area contributed by atoms with Crippen molar-refractivity contribution in [3.8, 4) is 0 Å². The van der Waals surface area contributed by atoms with E-state index in [0.717, 1.165) is 16.8 Å². The van der Waals surface area contributed by atoms with Crippen LogP contribution in [-0.2, 0) is 0 Å². The van der Waals surface area contributed by atoms with Crippen molar-refractivity contribution in [3.63, 3.8) is 0 Å². The van der Waals surface area contributed by atoms with Gasteiger partial charge in [0.1, 0.15) is 17.3 Å². The standard InChI is InChI=1S/C20H28N4O/c1-12(2)15-10-8-9-13(3)18(15)23-19(25)16-11-17(22-14(4)21-16)24-20(5,6)7/h8-12H,1-7H3,(H,23,25)(H,21,22,24). The number of anilines is 2. The smallest absolute Gasteiger partial charge is 0.274 e. The lowest BCUT2D eigenvalue weighted by Gasteiger charge is -2.22. The van der Waals surface area contributed by atoms with Gasteiger partial charge in [-0.1, -0.05) is 32.0 Å². The third-order valence-electron chi connectivity index (χ3n) is 3.74. The van der Waals surface area contributed by atoms with Crippen LogP contribution in [0.5, 0.6) is 0 Å². The number of carbonyl (C=O) groups excluding carboxylic acids is 1. The first-order chi connectivity index (χ1) is 11.6. The average molecular weight is 340 g/mol. The van der Waals surface area contributed by atoms with Crippen molar-refractivity contribution in [2.75, 3.05) is 10.6 Å². The van der Waals surface area contributed by atoms with Crippen LogP contribution in [0, 0.1) is 13.8 Å². The predicted octanol–water partition coefficient (Wildman–Crippen LogP) is 4.68. The van der Waals surface area contributed by atoms with Crippen molar-refractivity contribution < 1.29 is 4.79 Å². The topological polar surface area (TPSA) is 66.9 Å². The molecule has 1 amide bonds. The molecule has 0 bridgehead atoms. The van der Waals surface area contributed by atoms with E-state index in [-0.39, 0.29) is 11.4 Å². The fraction of sp³-hybridized carbons (Fsp3) is 0.450. The van der Waals surface area contributed by atoms with Gasteiger partial charge in [0.15, 0.2) is 0 Å². The molecule has 1 aromatic carbocycles. The highest BCUT2D eigenvalue weighted by molar-refractivity contribution is 6.04. The van der Waals surface area contributed by atoms with E-state index < -0.39 is 0 Å². The Hall–Kier alpha value is -2.43. The summed E-state index contributed by atoms with van der Waals surface area (Å²) in [6.07, 6.45) is 0. The van der Waals surface area contributed by atoms with Crippen LogP contribution in [0.15, 0.2) is 24.3 Å². The summed E-state index contributed by atoms with van der Waals surface area (Å²) in [5, 5.41) is 6.33. The van der Waals surface area contributed by atoms with E-state index in [1.807, 2.05) is 45.9 Å². The van der Waals surface area contributed by atoms with Crippen LogP contribution in [-0.4, -0.2) is 21.4 Å². The molecule has 5 nitrogen and oxygen atoms in total. The van der Waals surface area contributed by atoms with Gasteiger partial charge >= 0.3 is 0 Å². The van der Waals surface area contributed by atoms with Gasteiger partial charge in [-0.3, -0.25) is 4.79 Å². The molecule has 0 spiro atoms. The highest BCUT2D eigenvalue weighted by Crippen LogP contribution is 2.28. The van der Waals surface area contributed by atoms with Gasteiger partial charge in [0.2, 0.25) is 0 Å². The Morgan fingerprint density at radius 2 is 1.80 bits per heavy atom. The second kappa shape index (κ2) is 7.21. The van der Waals surface area contributed by atoms with Crippen LogP contribution < -0.4 is 10.6 Å². The summed E-state index contributed by atoms with van der Waals surface area (Å²) in [7, 11) is 0. The van der Waals surface area contributed by atoms with Crippen molar-refractivity contribution >= 4 is 17.4 Å². The fourth-order valence-corrected chi connectivity index (χ4v) is 2.65. The summed E-state index contributed by atoms with van der Waals surface area (Å²) in [6, 6.07) is 7.76. The summed E-state index contributed by atoms with van der Waals surface area (Å²) in [4.78, 5) is 21.5. The maximum absolute atomic E-state index is 12.8. The van der Waals surface area contributed by atoms with Crippen LogP contribution in [0.1, 0.15) is 68.0 Å². The molecule has 0 fully saturated rings. The van der Waals surface area contributed by atoms with Crippen molar-refractivity contribution in [3.05, 3.63) is 46.9 Å². The quantitative estimate of drug-likeness (QED) is 0.848. The fourth-order valence-electron chi connectivity index (χ4n) is 2.65. The van der Waals surface area contributed by atoms with Gasteiger partial charge in [0.25, 0.3) is 5.91 Å². The molecule has 0 aliphatic heterocycles. The van der Waals surface area contributed by atoms with Crippen LogP contribution in [0.4, 0.5) is 11.5 Å². The molecule has 0 saturated heterocycles. The van der Waals surface area contributed by atoms with Crippen molar-refractivity contribution in [2.24, 2.45) is 0 Å². The highest BCUT2D eigenvalue weighted by atomic mass is 16.1. The van der Waals surface area contributed by atoms with Crippen LogP contribution in [0.25, 0.3) is 0 Å². The minimum atomic E-state index is -0.223. The van der Waals surface area contributed by atoms with Crippen LogP contribution >= 0.6 is 0 Å². The number of aromatic nitrogens is 2. The van der Waals surface area contributed by atoms with E-state index in [2.05, 4.69) is 34.4 Å². The van der Waals surface area contributed by atoms with Gasteiger partial charge < -0.3 is 10.6 Å². The summed E-state index contributed by atoms with van der Waals surface area (Å²) >= 11 is 0. The molecule has 2 rings (SSSR count). The third-order valence-corrected chi connectivity index (χ3v) is 3.74. The Bertz CT molecular complexity index is 776. The summed E-state index contributed by atoms with van der Waals surface area (Å²) < 4.78 is 0. The van der Waals surface area contributed by atoms with Gasteiger partial charge in [0, 0.05) is 17.3 Å². The number of benzene rings is 1. The molecular weight excluding hydrogens is 312 g/mol. The molecule has 1 aromatic heterocycles. The number of hydrogen-bond acceptors (Lipinski definition) is 4. The first-order valence-corrected chi connectivity index (χ1v) is 8.61. The molecule has 5 heteroatoms. The predicted molar refractivity (Wildman–Crippen MR) is 103 cm³/mol. The lowest BCUT2D eigenvalue weighted by Crippen LogP contribution is -2.27. The molecule has 0 unspecified atom stereocenters. The summed E-state index contributed by atoms with van der Waals surface area (Å²) in [6.45, 7) is 14.2. The zero-order valence-electron chi connectivity index (χ0n) is 16.2. The minimum absolute atomic E-state index is 0.143. The number of carbonyl (C=O) groups is 1. The highest BCUT2D eigenvalue weighted by Gasteiger charge is 2.17. The van der Waals surface area contributed by atoms with Crippen molar-refractivity contribution in [1.29, 1.82) is 0 Å². The number of nitrogens with zero attached hydrogens (tertiary/aromatic N) is 2. The minimum Gasteiger partial charge on any atom is -0.365 e. The first-order valence-electron chi connectivity index (χ1n) is 8.61. The number of nitrogens with one attached hydrogen (secondary N) is 2. The molecule has 0 radical (unpaired) electrons. The van der Waals surface area contributed by atoms with E-state index >= 15 is 0 Å². The van der Waals surface area contributed by atoms with Gasteiger partial charge in [-0.25, -0.2) is 9.97 Å². The van der Waals surface area contributed by atoms with Crippen molar-refractivity contribution in [2.45, 2.75) is 59.9 Å². The monoisotopic (exact) mass is 340 g/mol. The Morgan fingerprint density at radius 1 is 1.12 bits per heavy atom. The molecule has 2 N–H and O–H groups in total. The van der Waals surface area contributed by atoms with Gasteiger partial charge in [0.05, 0.1) is 0 Å². The Labute approximate surface area is 150 Å². The van der Waals surface area contributed by atoms with Crippen molar-refractivity contribution in [1.82, 2.24) is 9.97 Å². The molecule has 2 aromatic rings. The van der Waals surface area contributed by atoms with E-state index in [0.29, 0.717) is 23.3 Å². The van der Waals surface area contributed by atoms with E-state index in [1.54, 1.807) is 13.0 Å². The number of para-hydroxylation sites is 1. The van der Waals surface area contributed by atoms with Crippen LogP contribution in [0.2, 0.25) is 0 Å². The SMILES string of the molecule is Cc1nc(NC(C)(C)C)cc(C(=O)Nc2c(C)cccc2C(C)C)n1. The zero-order chi connectivity index (χ0) is 18.8. The van der Waals surface area contributed by atoms with E-state index in [1.165, 1.54) is 0 Å². The molecule has 1 heterocycles. The average Bonchev–Trinajstić information content (AvgIpc) is 2.46. The van der Waals surface area contributed by atoms with Gasteiger partial charge in [-0.05, 0) is 51.7 Å². The molecule has 0 aliphatic carbocycles. The molecule has 25 heavy (non-hydrogen) atoms. The largest absolute Gasteiger partial charge is 0.365 e. The van der Waals surface area contributed by atoms with E-state index in [9.17, 15) is 4.79 Å². The maximum atomic E-state index is 12.8. The lowest BCUT2D eigenvalue weighted by atomic mass is 9.98. The molecule has 0 saturated carbocycles. The Kier molecular flexibility index (Phi) is 5.45. The maximum Gasteiger partial charge on any atom is 0.274 e. The lowest BCUT2D eigenvalue weighted by molar-refractivity contribution is 0.102. The molecule has 0 aliphatic rings. The summed E-state index contributed by atoms with van der Waals surface area (Å²) in [5.41, 5.74) is 3.24. The molecular formula is C20H28N4O. The number of hydrogen-bond donors (Lipinski definition) is 2. The number of aryl methyl sites for hydroxylation is 2. The number of rotatable bonds is 4. The summed E-state index contributed by atoms with van der Waals surface area (Å²) in [5.74, 6) is 1.31. The molecule has 0 atom stereocenters. The van der Waals surface area contributed by atoms with Gasteiger partial charge in [-0.15, -0.1) is 0 Å². The Morgan fingerprint density at radius 3 is 2.40 bits per heavy atom. The van der Waals surface area contributed by atoms with Crippen LogP contribution in [0.3, 0.4) is 0 Å². The third kappa shape index (κ3) is 5.02. The first kappa shape index (κ1) is 18.9. The Balaban J connectivity index is 2.34. The second-order valence-corrected chi connectivity index (χ2v) is 7.71. The number of amides is 1. The normalized spacial score (nSPS) is 11.5. The second-order valence-electron chi connectivity index (χ2n) is 7.71. The zero-order valence-corrected chi connectivity index (χ0v) is 16.2. The van der Waals surface area contributed by atoms with E-state index in [4.69, 9.17) is 0 Å². The van der Waals surface area contributed by atoms with Gasteiger partial charge in [-0.2, -0.15) is 0 Å².